The zero-order valence-corrected chi connectivity index (χ0v) is 21.9. The van der Waals surface area contributed by atoms with Crippen LogP contribution in [0.4, 0.5) is 0 Å². The van der Waals surface area contributed by atoms with Crippen LogP contribution in [0.3, 0.4) is 0 Å². The minimum Gasteiger partial charge on any atom is -0.309 e. The number of rotatable bonds is 1. The smallest absolute Gasteiger partial charge is 0.166 e. The third kappa shape index (κ3) is 2.68. The summed E-state index contributed by atoms with van der Waals surface area (Å²) in [5.74, 6) is 0. The van der Waals surface area contributed by atoms with E-state index in [0.717, 1.165) is 50.7 Å². The first-order valence-corrected chi connectivity index (χ1v) is 13.9. The van der Waals surface area contributed by atoms with Crippen LogP contribution in [0.15, 0.2) is 116 Å². The maximum absolute atomic E-state index is 5.08. The molecular formula is C36H21N5. The molecule has 0 atom stereocenters. The molecule has 5 aromatic heterocycles. The van der Waals surface area contributed by atoms with Crippen molar-refractivity contribution in [2.24, 2.45) is 0 Å². The summed E-state index contributed by atoms with van der Waals surface area (Å²) in [7, 11) is 0. The molecule has 0 saturated heterocycles. The molecule has 0 bridgehead atoms. The number of aromatic nitrogens is 5. The van der Waals surface area contributed by atoms with Crippen molar-refractivity contribution in [3.05, 3.63) is 127 Å². The van der Waals surface area contributed by atoms with Gasteiger partial charge in [-0.05, 0) is 83.3 Å². The molecule has 41 heavy (non-hydrogen) atoms. The van der Waals surface area contributed by atoms with Gasteiger partial charge in [0.05, 0.1) is 11.0 Å². The molecule has 1 aliphatic carbocycles. The Kier molecular flexibility index (Phi) is 3.92. The number of nitrogens with zero attached hydrogens (tertiary/aromatic N) is 5. The van der Waals surface area contributed by atoms with Gasteiger partial charge in [-0.1, -0.05) is 48.5 Å². The number of fused-ring (bicyclic) bond motifs is 15. The van der Waals surface area contributed by atoms with Crippen molar-refractivity contribution < 1.29 is 0 Å². The number of para-hydroxylation sites is 1. The van der Waals surface area contributed by atoms with Gasteiger partial charge in [0.1, 0.15) is 16.8 Å². The van der Waals surface area contributed by atoms with Gasteiger partial charge in [-0.3, -0.25) is 4.40 Å². The van der Waals surface area contributed by atoms with Crippen molar-refractivity contribution in [2.75, 3.05) is 0 Å². The molecule has 5 nitrogen and oxygen atoms in total. The third-order valence-corrected chi connectivity index (χ3v) is 8.78. The summed E-state index contributed by atoms with van der Waals surface area (Å²) < 4.78 is 4.55. The van der Waals surface area contributed by atoms with E-state index < -0.39 is 0 Å². The van der Waals surface area contributed by atoms with Gasteiger partial charge >= 0.3 is 0 Å². The highest BCUT2D eigenvalue weighted by Crippen LogP contribution is 2.45. The van der Waals surface area contributed by atoms with E-state index in [2.05, 4.69) is 93.9 Å². The van der Waals surface area contributed by atoms with Crippen LogP contribution in [0.1, 0.15) is 11.1 Å². The molecule has 0 radical (unpaired) electrons. The van der Waals surface area contributed by atoms with E-state index in [1.165, 1.54) is 44.1 Å². The maximum atomic E-state index is 5.08. The predicted molar refractivity (Wildman–Crippen MR) is 166 cm³/mol. The Morgan fingerprint density at radius 1 is 0.561 bits per heavy atom. The van der Waals surface area contributed by atoms with Gasteiger partial charge in [-0.2, -0.15) is 0 Å². The van der Waals surface area contributed by atoms with Crippen LogP contribution in [0.25, 0.3) is 77.2 Å². The average Bonchev–Trinajstić information content (AvgIpc) is 3.70. The van der Waals surface area contributed by atoms with E-state index in [-0.39, 0.29) is 0 Å². The molecule has 0 fully saturated rings. The van der Waals surface area contributed by atoms with E-state index in [9.17, 15) is 0 Å². The fourth-order valence-corrected chi connectivity index (χ4v) is 7.10. The highest BCUT2D eigenvalue weighted by Gasteiger charge is 2.25. The lowest BCUT2D eigenvalue weighted by Gasteiger charge is -2.13. The normalized spacial score (nSPS) is 12.8. The lowest BCUT2D eigenvalue weighted by atomic mass is 10.0. The number of benzene rings is 4. The minimum absolute atomic E-state index is 0.826. The molecule has 0 aliphatic heterocycles. The molecule has 4 aromatic carbocycles. The zero-order valence-electron chi connectivity index (χ0n) is 21.9. The summed E-state index contributed by atoms with van der Waals surface area (Å²) in [6.45, 7) is 0. The first kappa shape index (κ1) is 21.3. The molecular weight excluding hydrogens is 502 g/mol. The van der Waals surface area contributed by atoms with E-state index in [1.807, 2.05) is 30.6 Å². The van der Waals surface area contributed by atoms with Crippen molar-refractivity contribution in [1.29, 1.82) is 0 Å². The van der Waals surface area contributed by atoms with Crippen molar-refractivity contribution >= 4 is 60.4 Å². The van der Waals surface area contributed by atoms with E-state index in [0.29, 0.717) is 0 Å². The summed E-state index contributed by atoms with van der Waals surface area (Å²) in [6, 6.07) is 37.0. The van der Waals surface area contributed by atoms with Gasteiger partial charge in [0.2, 0.25) is 0 Å². The Morgan fingerprint density at radius 3 is 2.27 bits per heavy atom. The summed E-state index contributed by atoms with van der Waals surface area (Å²) in [5, 5.41) is 5.84. The molecule has 5 heterocycles. The van der Waals surface area contributed by atoms with Crippen LogP contribution < -0.4 is 0 Å². The molecule has 9 aromatic rings. The number of imidazole rings is 1. The monoisotopic (exact) mass is 523 g/mol. The molecule has 1 aliphatic rings. The summed E-state index contributed by atoms with van der Waals surface area (Å²) in [6.07, 6.45) is 4.65. The lowest BCUT2D eigenvalue weighted by Crippen LogP contribution is -1.98. The fourth-order valence-electron chi connectivity index (χ4n) is 7.10. The lowest BCUT2D eigenvalue weighted by molar-refractivity contribution is 1.18. The fraction of sp³-hybridized carbons (Fsp3) is 0.0278. The number of hydrogen-bond donors (Lipinski definition) is 0. The van der Waals surface area contributed by atoms with E-state index >= 15 is 0 Å². The van der Waals surface area contributed by atoms with E-state index in [4.69, 9.17) is 15.0 Å². The molecule has 0 saturated carbocycles. The highest BCUT2D eigenvalue weighted by atomic mass is 15.1. The quantitative estimate of drug-likeness (QED) is 0.204. The molecule has 190 valence electrons. The van der Waals surface area contributed by atoms with Crippen LogP contribution in [0, 0.1) is 0 Å². The van der Waals surface area contributed by atoms with Gasteiger partial charge < -0.3 is 4.57 Å². The largest absolute Gasteiger partial charge is 0.309 e. The van der Waals surface area contributed by atoms with Gasteiger partial charge in [0, 0.05) is 45.0 Å². The SMILES string of the molecule is c1ccc(-n2c3cc4c(cc3c3ccc5c(c6cccnc6n6c7ncccc7nc56)c32)Cc2ccccc2-4)cc1. The summed E-state index contributed by atoms with van der Waals surface area (Å²) >= 11 is 0. The zero-order chi connectivity index (χ0) is 26.7. The Morgan fingerprint density at radius 2 is 1.34 bits per heavy atom. The minimum atomic E-state index is 0.826. The molecule has 0 spiro atoms. The maximum Gasteiger partial charge on any atom is 0.166 e. The standard InChI is InChI=1S/C36H21N5/c1-2-9-23(10-3-1)40-31-20-28-22(18-21-8-4-5-11-24(21)28)19-29(31)25-14-15-27-32(33(25)40)26-12-6-16-37-34(26)41-35(27)39-30-13-7-17-38-36(30)41/h1-17,19-20H,18H2. The summed E-state index contributed by atoms with van der Waals surface area (Å²) in [4.78, 5) is 14.7. The Balaban J connectivity index is 1.47. The number of pyridine rings is 3. The van der Waals surface area contributed by atoms with Gasteiger partial charge in [0.15, 0.2) is 5.65 Å². The number of hydrogen-bond acceptors (Lipinski definition) is 3. The van der Waals surface area contributed by atoms with Crippen LogP contribution in [0.2, 0.25) is 0 Å². The van der Waals surface area contributed by atoms with Crippen LogP contribution in [-0.2, 0) is 6.42 Å². The first-order valence-electron chi connectivity index (χ1n) is 13.9. The Labute approximate surface area is 234 Å². The summed E-state index contributed by atoms with van der Waals surface area (Å²) in [5.41, 5.74) is 12.4. The third-order valence-electron chi connectivity index (χ3n) is 8.78. The topological polar surface area (TPSA) is 48.0 Å². The molecule has 10 rings (SSSR count). The second kappa shape index (κ2) is 7.55. The van der Waals surface area contributed by atoms with Crippen molar-refractivity contribution in [3.8, 4) is 16.8 Å². The van der Waals surface area contributed by atoms with Crippen molar-refractivity contribution in [2.45, 2.75) is 6.42 Å². The van der Waals surface area contributed by atoms with Gasteiger partial charge in [0.25, 0.3) is 0 Å². The van der Waals surface area contributed by atoms with Crippen LogP contribution >= 0.6 is 0 Å². The second-order valence-corrected chi connectivity index (χ2v) is 10.9. The highest BCUT2D eigenvalue weighted by molar-refractivity contribution is 6.27. The first-order chi connectivity index (χ1) is 20.3. The Bertz CT molecular complexity index is 2550. The van der Waals surface area contributed by atoms with Crippen LogP contribution in [-0.4, -0.2) is 23.9 Å². The van der Waals surface area contributed by atoms with Crippen molar-refractivity contribution in [1.82, 2.24) is 23.9 Å². The van der Waals surface area contributed by atoms with Gasteiger partial charge in [-0.25, -0.2) is 15.0 Å². The average molecular weight is 524 g/mol. The molecule has 5 heteroatoms. The molecule has 0 amide bonds. The van der Waals surface area contributed by atoms with E-state index in [1.54, 1.807) is 0 Å². The predicted octanol–water partition coefficient (Wildman–Crippen LogP) is 8.25. The second-order valence-electron chi connectivity index (χ2n) is 10.9. The van der Waals surface area contributed by atoms with Crippen LogP contribution in [0.5, 0.6) is 0 Å². The van der Waals surface area contributed by atoms with Crippen molar-refractivity contribution in [3.63, 3.8) is 0 Å². The molecule has 0 N–H and O–H groups in total. The van der Waals surface area contributed by atoms with Gasteiger partial charge in [-0.15, -0.1) is 0 Å². The Hall–Kier alpha value is -5.55. The molecule has 0 unspecified atom stereocenters.